The number of aromatic nitrogens is 2. The quantitative estimate of drug-likeness (QED) is 0.758. The van der Waals surface area contributed by atoms with Crippen molar-refractivity contribution < 1.29 is 4.79 Å². The zero-order valence-electron chi connectivity index (χ0n) is 12.3. The third-order valence-corrected chi connectivity index (χ3v) is 5.14. The van der Waals surface area contributed by atoms with Crippen LogP contribution in [0.25, 0.3) is 0 Å². The Kier molecular flexibility index (Phi) is 5.33. The molecule has 2 atom stereocenters. The molecule has 1 aromatic rings. The standard InChI is InChI=1S/C14H21BrN4O.ClH/c1-7(2)12-11(15)13(19-18-12)14(20)17-10-5-8-3-4-9(6-10)16-8;/h7-10,16H,3-6H2,1-2H3,(H,17,20)(H,18,19);1H. The van der Waals surface area contributed by atoms with Crippen molar-refractivity contribution in [3.63, 3.8) is 0 Å². The van der Waals surface area contributed by atoms with Crippen molar-refractivity contribution in [2.24, 2.45) is 0 Å². The number of halogens is 2. The Morgan fingerprint density at radius 2 is 1.95 bits per heavy atom. The minimum absolute atomic E-state index is 0. The van der Waals surface area contributed by atoms with Crippen LogP contribution in [0.15, 0.2) is 4.47 Å². The summed E-state index contributed by atoms with van der Waals surface area (Å²) in [6, 6.07) is 1.42. The predicted octanol–water partition coefficient (Wildman–Crippen LogP) is 2.73. The first-order valence-corrected chi connectivity index (χ1v) is 8.14. The van der Waals surface area contributed by atoms with Crippen molar-refractivity contribution >= 4 is 34.2 Å². The lowest BCUT2D eigenvalue weighted by Gasteiger charge is -2.29. The molecule has 1 aromatic heterocycles. The normalized spacial score (nSPS) is 27.5. The number of aromatic amines is 1. The van der Waals surface area contributed by atoms with E-state index in [1.807, 2.05) is 0 Å². The van der Waals surface area contributed by atoms with Crippen molar-refractivity contribution in [1.82, 2.24) is 20.8 Å². The van der Waals surface area contributed by atoms with Crippen LogP contribution >= 0.6 is 28.3 Å². The Morgan fingerprint density at radius 3 is 2.48 bits per heavy atom. The summed E-state index contributed by atoms with van der Waals surface area (Å²) < 4.78 is 0.793. The van der Waals surface area contributed by atoms with Crippen LogP contribution < -0.4 is 10.6 Å². The second kappa shape index (κ2) is 6.67. The molecule has 7 heteroatoms. The van der Waals surface area contributed by atoms with Gasteiger partial charge >= 0.3 is 0 Å². The zero-order valence-corrected chi connectivity index (χ0v) is 14.7. The summed E-state index contributed by atoms with van der Waals surface area (Å²) in [5.74, 6) is 0.236. The summed E-state index contributed by atoms with van der Waals surface area (Å²) in [4.78, 5) is 12.4. The van der Waals surface area contributed by atoms with Crippen LogP contribution in [0.5, 0.6) is 0 Å². The van der Waals surface area contributed by atoms with Gasteiger partial charge in [0.15, 0.2) is 5.69 Å². The van der Waals surface area contributed by atoms with Gasteiger partial charge in [0, 0.05) is 18.1 Å². The molecule has 2 bridgehead atoms. The van der Waals surface area contributed by atoms with Gasteiger partial charge in [-0.15, -0.1) is 12.4 Å². The summed E-state index contributed by atoms with van der Waals surface area (Å²) in [6.45, 7) is 4.15. The number of hydrogen-bond acceptors (Lipinski definition) is 3. The monoisotopic (exact) mass is 376 g/mol. The number of fused-ring (bicyclic) bond motifs is 2. The molecule has 0 saturated carbocycles. The van der Waals surface area contributed by atoms with Gasteiger partial charge < -0.3 is 10.6 Å². The molecule has 2 aliphatic heterocycles. The lowest BCUT2D eigenvalue weighted by Crippen LogP contribution is -2.48. The second-order valence-electron chi connectivity index (χ2n) is 6.23. The SMILES string of the molecule is CC(C)c1[nH]nc(C(=O)NC2CC3CCC(C2)N3)c1Br.Cl. The van der Waals surface area contributed by atoms with Crippen LogP contribution in [0, 0.1) is 0 Å². The van der Waals surface area contributed by atoms with Gasteiger partial charge in [-0.05, 0) is 47.5 Å². The molecular weight excluding hydrogens is 356 g/mol. The van der Waals surface area contributed by atoms with E-state index in [0.29, 0.717) is 23.7 Å². The van der Waals surface area contributed by atoms with Gasteiger partial charge in [-0.3, -0.25) is 9.89 Å². The summed E-state index contributed by atoms with van der Waals surface area (Å²) >= 11 is 3.49. The Morgan fingerprint density at radius 1 is 1.33 bits per heavy atom. The average Bonchev–Trinajstić information content (AvgIpc) is 2.92. The minimum atomic E-state index is -0.0775. The average molecular weight is 378 g/mol. The number of piperidine rings is 1. The molecular formula is C14H22BrClN4O. The number of nitrogens with zero attached hydrogens (tertiary/aromatic N) is 1. The second-order valence-corrected chi connectivity index (χ2v) is 7.03. The highest BCUT2D eigenvalue weighted by molar-refractivity contribution is 9.10. The van der Waals surface area contributed by atoms with Crippen LogP contribution in [0.1, 0.15) is 61.6 Å². The highest BCUT2D eigenvalue weighted by Crippen LogP contribution is 2.28. The first kappa shape index (κ1) is 16.8. The van der Waals surface area contributed by atoms with Crippen LogP contribution in [0.2, 0.25) is 0 Å². The molecule has 2 unspecified atom stereocenters. The number of H-pyrrole nitrogens is 1. The van der Waals surface area contributed by atoms with Crippen LogP contribution in [0.4, 0.5) is 0 Å². The number of amides is 1. The van der Waals surface area contributed by atoms with E-state index >= 15 is 0 Å². The molecule has 3 N–H and O–H groups in total. The largest absolute Gasteiger partial charge is 0.348 e. The van der Waals surface area contributed by atoms with E-state index in [2.05, 4.69) is 50.6 Å². The first-order chi connectivity index (χ1) is 9.54. The van der Waals surface area contributed by atoms with E-state index < -0.39 is 0 Å². The number of carbonyl (C=O) groups is 1. The van der Waals surface area contributed by atoms with Gasteiger partial charge in [-0.2, -0.15) is 5.10 Å². The fraction of sp³-hybridized carbons (Fsp3) is 0.714. The lowest BCUT2D eigenvalue weighted by molar-refractivity contribution is 0.0918. The molecule has 118 valence electrons. The number of carbonyl (C=O) groups excluding carboxylic acids is 1. The summed E-state index contributed by atoms with van der Waals surface area (Å²) in [5, 5.41) is 13.8. The molecule has 2 aliphatic rings. The van der Waals surface area contributed by atoms with Gasteiger partial charge in [0.25, 0.3) is 5.91 Å². The lowest BCUT2D eigenvalue weighted by atomic mass is 9.99. The predicted molar refractivity (Wildman–Crippen MR) is 88.1 cm³/mol. The maximum atomic E-state index is 12.4. The van der Waals surface area contributed by atoms with Gasteiger partial charge in [-0.25, -0.2) is 0 Å². The van der Waals surface area contributed by atoms with Crippen molar-refractivity contribution in [2.45, 2.75) is 63.6 Å². The minimum Gasteiger partial charge on any atom is -0.348 e. The maximum absolute atomic E-state index is 12.4. The molecule has 0 spiro atoms. The van der Waals surface area contributed by atoms with Crippen molar-refractivity contribution in [3.05, 3.63) is 15.9 Å². The van der Waals surface area contributed by atoms with E-state index in [1.165, 1.54) is 12.8 Å². The first-order valence-electron chi connectivity index (χ1n) is 7.35. The third-order valence-electron chi connectivity index (χ3n) is 4.33. The van der Waals surface area contributed by atoms with Crippen molar-refractivity contribution in [2.75, 3.05) is 0 Å². The molecule has 0 aromatic carbocycles. The van der Waals surface area contributed by atoms with Gasteiger partial charge in [0.1, 0.15) is 0 Å². The Bertz CT molecular complexity index is 507. The molecule has 2 fully saturated rings. The fourth-order valence-electron chi connectivity index (χ4n) is 3.30. The van der Waals surface area contributed by atoms with Gasteiger partial charge in [0.2, 0.25) is 0 Å². The number of nitrogens with one attached hydrogen (secondary N) is 3. The smallest absolute Gasteiger partial charge is 0.273 e. The molecule has 1 amide bonds. The summed E-state index contributed by atoms with van der Waals surface area (Å²) in [6.07, 6.45) is 4.53. The Balaban J connectivity index is 0.00000161. The number of rotatable bonds is 3. The Labute approximate surface area is 139 Å². The van der Waals surface area contributed by atoms with Crippen LogP contribution in [-0.2, 0) is 0 Å². The fourth-order valence-corrected chi connectivity index (χ4v) is 4.12. The molecule has 21 heavy (non-hydrogen) atoms. The topological polar surface area (TPSA) is 69.8 Å². The third kappa shape index (κ3) is 3.43. The highest BCUT2D eigenvalue weighted by Gasteiger charge is 2.34. The van der Waals surface area contributed by atoms with Crippen LogP contribution in [0.3, 0.4) is 0 Å². The molecule has 2 saturated heterocycles. The molecule has 5 nitrogen and oxygen atoms in total. The molecule has 3 heterocycles. The van der Waals surface area contributed by atoms with Crippen LogP contribution in [-0.4, -0.2) is 34.2 Å². The van der Waals surface area contributed by atoms with Crippen molar-refractivity contribution in [3.8, 4) is 0 Å². The molecule has 3 rings (SSSR count). The number of hydrogen-bond donors (Lipinski definition) is 3. The maximum Gasteiger partial charge on any atom is 0.273 e. The van der Waals surface area contributed by atoms with E-state index in [1.54, 1.807) is 0 Å². The summed E-state index contributed by atoms with van der Waals surface area (Å²) in [7, 11) is 0. The van der Waals surface area contributed by atoms with Crippen molar-refractivity contribution in [1.29, 1.82) is 0 Å². The molecule has 0 radical (unpaired) electrons. The summed E-state index contributed by atoms with van der Waals surface area (Å²) in [5.41, 5.74) is 1.44. The highest BCUT2D eigenvalue weighted by atomic mass is 79.9. The molecule has 0 aliphatic carbocycles. The van der Waals surface area contributed by atoms with E-state index in [9.17, 15) is 4.79 Å². The zero-order chi connectivity index (χ0) is 14.3. The van der Waals surface area contributed by atoms with E-state index in [0.717, 1.165) is 23.0 Å². The van der Waals surface area contributed by atoms with Gasteiger partial charge in [0.05, 0.1) is 10.2 Å². The van der Waals surface area contributed by atoms with Gasteiger partial charge in [-0.1, -0.05) is 13.8 Å². The van der Waals surface area contributed by atoms with E-state index in [4.69, 9.17) is 0 Å². The Hall–Kier alpha value is -0.590. The van der Waals surface area contributed by atoms with E-state index in [-0.39, 0.29) is 24.4 Å².